The summed E-state index contributed by atoms with van der Waals surface area (Å²) in [5.74, 6) is 0.0599. The van der Waals surface area contributed by atoms with Gasteiger partial charge in [-0.3, -0.25) is 14.5 Å². The van der Waals surface area contributed by atoms with Crippen LogP contribution in [-0.2, 0) is 20.7 Å². The van der Waals surface area contributed by atoms with Crippen LogP contribution in [0.3, 0.4) is 0 Å². The van der Waals surface area contributed by atoms with Gasteiger partial charge in [0.2, 0.25) is 5.91 Å². The van der Waals surface area contributed by atoms with E-state index in [1.165, 1.54) is 6.92 Å². The number of ether oxygens (including phenoxy) is 1. The highest BCUT2D eigenvalue weighted by atomic mass is 16.5. The Labute approximate surface area is 162 Å². The Balaban J connectivity index is 2.12. The number of Topliss-reactive ketones (excluding diaryl/α,β-unsaturated/α-hetero) is 1. The third kappa shape index (κ3) is 5.91. The van der Waals surface area contributed by atoms with E-state index in [-0.39, 0.29) is 17.7 Å². The normalized spacial score (nSPS) is 17.7. The summed E-state index contributed by atoms with van der Waals surface area (Å²) >= 11 is 0. The van der Waals surface area contributed by atoms with Gasteiger partial charge in [0.05, 0.1) is 13.2 Å². The molecule has 1 fully saturated rings. The van der Waals surface area contributed by atoms with Gasteiger partial charge in [-0.05, 0) is 37.8 Å². The van der Waals surface area contributed by atoms with E-state index in [1.807, 2.05) is 24.3 Å². The first-order valence-corrected chi connectivity index (χ1v) is 9.38. The summed E-state index contributed by atoms with van der Waals surface area (Å²) in [6.07, 6.45) is 1.74. The number of hydrogen-bond acceptors (Lipinski definition) is 5. The smallest absolute Gasteiger partial charge is 0.236 e. The molecule has 1 aromatic carbocycles. The van der Waals surface area contributed by atoms with Crippen molar-refractivity contribution in [3.63, 3.8) is 0 Å². The maximum Gasteiger partial charge on any atom is 0.236 e. The molecule has 0 radical (unpaired) electrons. The summed E-state index contributed by atoms with van der Waals surface area (Å²) in [5, 5.41) is 0. The van der Waals surface area contributed by atoms with Gasteiger partial charge in [-0.1, -0.05) is 24.3 Å². The minimum absolute atomic E-state index is 0.0338. The topological polar surface area (TPSA) is 75.9 Å². The number of carbonyl (C=O) groups excluding carboxylic acids is 2. The van der Waals surface area contributed by atoms with E-state index in [1.54, 1.807) is 25.9 Å². The molecular weight excluding hydrogens is 342 g/mol. The Morgan fingerprint density at radius 2 is 2.00 bits per heavy atom. The second kappa shape index (κ2) is 9.67. The molecule has 2 N–H and O–H groups in total. The first-order chi connectivity index (χ1) is 12.8. The van der Waals surface area contributed by atoms with Crippen LogP contribution in [0.25, 0.3) is 5.57 Å². The molecular formula is C21H31N3O3. The van der Waals surface area contributed by atoms with Crippen molar-refractivity contribution in [3.8, 4) is 0 Å². The Hall–Kier alpha value is -2.18. The van der Waals surface area contributed by atoms with Crippen LogP contribution < -0.4 is 5.73 Å². The molecule has 1 unspecified atom stereocenters. The molecule has 1 saturated heterocycles. The van der Waals surface area contributed by atoms with Crippen molar-refractivity contribution in [1.82, 2.24) is 9.80 Å². The van der Waals surface area contributed by atoms with Gasteiger partial charge in [0.15, 0.2) is 5.78 Å². The van der Waals surface area contributed by atoms with Crippen LogP contribution >= 0.6 is 0 Å². The average molecular weight is 373 g/mol. The van der Waals surface area contributed by atoms with Crippen LogP contribution in [0.1, 0.15) is 31.4 Å². The van der Waals surface area contributed by atoms with E-state index >= 15 is 0 Å². The molecule has 0 saturated carbocycles. The third-order valence-electron chi connectivity index (χ3n) is 4.91. The lowest BCUT2D eigenvalue weighted by Crippen LogP contribution is -2.44. The lowest BCUT2D eigenvalue weighted by molar-refractivity contribution is -0.130. The van der Waals surface area contributed by atoms with Crippen LogP contribution in [0.4, 0.5) is 0 Å². The molecule has 2 rings (SSSR count). The van der Waals surface area contributed by atoms with Crippen LogP contribution in [-0.4, -0.2) is 67.9 Å². The molecule has 6 heteroatoms. The van der Waals surface area contributed by atoms with E-state index in [2.05, 4.69) is 4.90 Å². The van der Waals surface area contributed by atoms with Gasteiger partial charge in [0.1, 0.15) is 0 Å². The highest BCUT2D eigenvalue weighted by Crippen LogP contribution is 2.20. The highest BCUT2D eigenvalue weighted by molar-refractivity contribution is 6.20. The number of rotatable bonds is 8. The van der Waals surface area contributed by atoms with Gasteiger partial charge in [-0.25, -0.2) is 0 Å². The van der Waals surface area contributed by atoms with Crippen LogP contribution in [0.2, 0.25) is 0 Å². The van der Waals surface area contributed by atoms with Crippen LogP contribution in [0.15, 0.2) is 30.0 Å². The Morgan fingerprint density at radius 3 is 2.56 bits per heavy atom. The number of nitrogens with zero attached hydrogens (tertiary/aromatic N) is 2. The number of ketones is 1. The van der Waals surface area contributed by atoms with Crippen molar-refractivity contribution in [2.75, 3.05) is 40.4 Å². The number of amides is 1. The van der Waals surface area contributed by atoms with E-state index in [9.17, 15) is 9.59 Å². The van der Waals surface area contributed by atoms with Gasteiger partial charge >= 0.3 is 0 Å². The minimum atomic E-state index is -0.0338. The summed E-state index contributed by atoms with van der Waals surface area (Å²) in [6, 6.07) is 8.20. The maximum absolute atomic E-state index is 12.2. The standard InChI is InChI=1S/C21H31N3O3/c1-15(22)21(16(2)25)18-7-5-6-17(12-18)8-10-24(13-20(26)23(3)4)19-9-11-27-14-19/h5-7,12,19H,8-11,13-14,22H2,1-4H3. The molecule has 27 heavy (non-hydrogen) atoms. The SMILES string of the molecule is CC(=O)C(=C(C)N)c1cccc(CCN(CC(=O)N(C)C)C2CCOC2)c1. The molecule has 1 aliphatic heterocycles. The molecule has 6 nitrogen and oxygen atoms in total. The number of likely N-dealkylation sites (N-methyl/N-ethyl adjacent to an activating group) is 1. The van der Waals surface area contributed by atoms with Gasteiger partial charge in [-0.2, -0.15) is 0 Å². The van der Waals surface area contributed by atoms with Gasteiger partial charge < -0.3 is 15.4 Å². The number of hydrogen-bond donors (Lipinski definition) is 1. The Bertz CT molecular complexity index is 702. The van der Waals surface area contributed by atoms with Crippen LogP contribution in [0.5, 0.6) is 0 Å². The molecule has 1 aromatic rings. The highest BCUT2D eigenvalue weighted by Gasteiger charge is 2.25. The monoisotopic (exact) mass is 373 g/mol. The summed E-state index contributed by atoms with van der Waals surface area (Å²) in [6.45, 7) is 5.85. The molecule has 1 atom stereocenters. The Morgan fingerprint density at radius 1 is 1.26 bits per heavy atom. The van der Waals surface area contributed by atoms with E-state index in [0.717, 1.165) is 37.1 Å². The van der Waals surface area contributed by atoms with Crippen molar-refractivity contribution in [1.29, 1.82) is 0 Å². The fourth-order valence-electron chi connectivity index (χ4n) is 3.38. The van der Waals surface area contributed by atoms with E-state index in [0.29, 0.717) is 24.4 Å². The maximum atomic E-state index is 12.2. The zero-order chi connectivity index (χ0) is 20.0. The number of carbonyl (C=O) groups is 2. The lowest BCUT2D eigenvalue weighted by Gasteiger charge is -2.28. The summed E-state index contributed by atoms with van der Waals surface area (Å²) < 4.78 is 5.51. The molecule has 1 heterocycles. The largest absolute Gasteiger partial charge is 0.402 e. The third-order valence-corrected chi connectivity index (χ3v) is 4.91. The van der Waals surface area contributed by atoms with Gasteiger partial charge in [0, 0.05) is 44.6 Å². The Kier molecular flexibility index (Phi) is 7.56. The average Bonchev–Trinajstić information content (AvgIpc) is 3.12. The fraction of sp³-hybridized carbons (Fsp3) is 0.524. The number of allylic oxidation sites excluding steroid dienone is 2. The number of nitrogens with two attached hydrogens (primary N) is 1. The van der Waals surface area contributed by atoms with Crippen molar-refractivity contribution >= 4 is 17.3 Å². The molecule has 0 spiro atoms. The summed E-state index contributed by atoms with van der Waals surface area (Å²) in [5.41, 5.74) is 8.97. The molecule has 0 bridgehead atoms. The summed E-state index contributed by atoms with van der Waals surface area (Å²) in [7, 11) is 3.56. The first-order valence-electron chi connectivity index (χ1n) is 9.38. The van der Waals surface area contributed by atoms with E-state index < -0.39 is 0 Å². The minimum Gasteiger partial charge on any atom is -0.402 e. The quantitative estimate of drug-likeness (QED) is 0.702. The molecule has 148 valence electrons. The predicted molar refractivity (Wildman–Crippen MR) is 107 cm³/mol. The molecule has 1 aliphatic rings. The predicted octanol–water partition coefficient (Wildman–Crippen LogP) is 1.69. The molecule has 0 aromatic heterocycles. The summed E-state index contributed by atoms with van der Waals surface area (Å²) in [4.78, 5) is 27.9. The number of benzene rings is 1. The van der Waals surface area contributed by atoms with Gasteiger partial charge in [-0.15, -0.1) is 0 Å². The van der Waals surface area contributed by atoms with Crippen molar-refractivity contribution in [2.45, 2.75) is 32.7 Å². The van der Waals surface area contributed by atoms with Gasteiger partial charge in [0.25, 0.3) is 0 Å². The van der Waals surface area contributed by atoms with Crippen molar-refractivity contribution in [2.24, 2.45) is 5.73 Å². The van der Waals surface area contributed by atoms with Crippen molar-refractivity contribution in [3.05, 3.63) is 41.1 Å². The second-order valence-corrected chi connectivity index (χ2v) is 7.34. The van der Waals surface area contributed by atoms with Crippen molar-refractivity contribution < 1.29 is 14.3 Å². The zero-order valence-electron chi connectivity index (χ0n) is 16.8. The zero-order valence-corrected chi connectivity index (χ0v) is 16.8. The fourth-order valence-corrected chi connectivity index (χ4v) is 3.38. The van der Waals surface area contributed by atoms with Crippen LogP contribution in [0, 0.1) is 0 Å². The molecule has 0 aliphatic carbocycles. The first kappa shape index (κ1) is 21.1. The second-order valence-electron chi connectivity index (χ2n) is 7.34. The molecule has 1 amide bonds. The lowest BCUT2D eigenvalue weighted by atomic mass is 9.97. The van der Waals surface area contributed by atoms with E-state index in [4.69, 9.17) is 10.5 Å².